The molecular weight excluding hydrogens is 412 g/mol. The summed E-state index contributed by atoms with van der Waals surface area (Å²) in [5, 5.41) is 0. The van der Waals surface area contributed by atoms with Gasteiger partial charge in [0, 0.05) is 0 Å². The monoisotopic (exact) mass is 438 g/mol. The van der Waals surface area contributed by atoms with Crippen LogP contribution in [0.4, 0.5) is 0 Å². The molecule has 2 aromatic carbocycles. The quantitative estimate of drug-likeness (QED) is 0.378. The Bertz CT molecular complexity index is 686. The number of rotatable bonds is 7. The Hall–Kier alpha value is -1.56. The van der Waals surface area contributed by atoms with E-state index in [2.05, 4.69) is 69.0 Å². The third kappa shape index (κ3) is 4.50. The summed E-state index contributed by atoms with van der Waals surface area (Å²) in [5.41, 5.74) is 0.933. The molecule has 0 aliphatic rings. The summed E-state index contributed by atoms with van der Waals surface area (Å²) in [6, 6.07) is 19.2. The van der Waals surface area contributed by atoms with Crippen LogP contribution >= 0.6 is 0 Å². The van der Waals surface area contributed by atoms with Crippen molar-refractivity contribution in [3.05, 3.63) is 72.3 Å². The summed E-state index contributed by atoms with van der Waals surface area (Å²) >= 11 is -0.376. The van der Waals surface area contributed by atoms with Gasteiger partial charge >= 0.3 is 155 Å². The van der Waals surface area contributed by atoms with E-state index >= 15 is 0 Å². The summed E-state index contributed by atoms with van der Waals surface area (Å²) in [6.07, 6.45) is 1.49. The van der Waals surface area contributed by atoms with Crippen LogP contribution in [0.3, 0.4) is 0 Å². The molecule has 0 amide bonds. The van der Waals surface area contributed by atoms with Gasteiger partial charge in [0.2, 0.25) is 0 Å². The molecule has 2 rings (SSSR count). The van der Waals surface area contributed by atoms with Crippen molar-refractivity contribution < 1.29 is 9.53 Å². The fourth-order valence-electron chi connectivity index (χ4n) is 2.58. The fourth-order valence-corrected chi connectivity index (χ4v) is 4.97. The number of hydrogen-bond donors (Lipinski definition) is 0. The second-order valence-corrected chi connectivity index (χ2v) is 9.08. The molecule has 3 heteroatoms. The summed E-state index contributed by atoms with van der Waals surface area (Å²) in [6.45, 7) is 9.49. The molecule has 2 nitrogen and oxygen atoms in total. The maximum atomic E-state index is 12.0. The molecule has 0 spiro atoms. The molecule has 24 heavy (non-hydrogen) atoms. The van der Waals surface area contributed by atoms with E-state index < -0.39 is 5.60 Å². The van der Waals surface area contributed by atoms with E-state index in [0.717, 1.165) is 18.4 Å². The van der Waals surface area contributed by atoms with E-state index in [-0.39, 0.29) is 26.9 Å². The number of hydrogen-bond acceptors (Lipinski definition) is 2. The molecule has 0 unspecified atom stereocenters. The van der Waals surface area contributed by atoms with Gasteiger partial charge in [-0.1, -0.05) is 0 Å². The van der Waals surface area contributed by atoms with Gasteiger partial charge in [-0.05, 0) is 0 Å². The first-order valence-corrected chi connectivity index (χ1v) is 10.6. The van der Waals surface area contributed by atoms with E-state index in [0.29, 0.717) is 5.57 Å². The van der Waals surface area contributed by atoms with Crippen molar-refractivity contribution >= 4 is 34.1 Å². The minimum atomic E-state index is -0.568. The predicted octanol–water partition coefficient (Wildman–Crippen LogP) is 3.48. The average molecular weight is 436 g/mol. The summed E-state index contributed by atoms with van der Waals surface area (Å²) in [7, 11) is 0. The molecule has 0 aliphatic carbocycles. The molecular formula is C21H24O2Te. The van der Waals surface area contributed by atoms with Gasteiger partial charge in [-0.15, -0.1) is 0 Å². The summed E-state index contributed by atoms with van der Waals surface area (Å²) in [5.74, 6) is -0.319. The topological polar surface area (TPSA) is 26.3 Å². The van der Waals surface area contributed by atoms with Gasteiger partial charge in [0.1, 0.15) is 0 Å². The number of carbonyl (C=O) groups excluding carboxylic acids is 1. The van der Waals surface area contributed by atoms with Crippen molar-refractivity contribution in [3.63, 3.8) is 0 Å². The first-order chi connectivity index (χ1) is 11.5. The molecule has 0 heterocycles. The van der Waals surface area contributed by atoms with Crippen molar-refractivity contribution in [2.24, 2.45) is 0 Å². The molecule has 0 aromatic heterocycles. The zero-order valence-electron chi connectivity index (χ0n) is 14.5. The van der Waals surface area contributed by atoms with Gasteiger partial charge < -0.3 is 0 Å². The standard InChI is InChI=1S/C21H24O2Te/c1-5-21(6-2,23-20(22)16(3)4)17-12-14-19(15-13-17)24-18-10-8-7-9-11-18/h7-15H,3,5-6H2,1-2,4H3. The van der Waals surface area contributed by atoms with Crippen LogP contribution in [0.1, 0.15) is 39.2 Å². The average Bonchev–Trinajstić information content (AvgIpc) is 2.61. The predicted molar refractivity (Wildman–Crippen MR) is 101 cm³/mol. The molecule has 0 N–H and O–H groups in total. The second kappa shape index (κ2) is 8.51. The van der Waals surface area contributed by atoms with Gasteiger partial charge in [-0.25, -0.2) is 0 Å². The molecule has 0 aliphatic heterocycles. The minimum absolute atomic E-state index is 0.319. The van der Waals surface area contributed by atoms with Gasteiger partial charge in [-0.2, -0.15) is 0 Å². The Balaban J connectivity index is 2.22. The molecule has 0 bridgehead atoms. The zero-order chi connectivity index (χ0) is 17.6. The zero-order valence-corrected chi connectivity index (χ0v) is 16.9. The van der Waals surface area contributed by atoms with E-state index in [1.807, 2.05) is 6.07 Å². The van der Waals surface area contributed by atoms with Gasteiger partial charge in [0.05, 0.1) is 0 Å². The fraction of sp³-hybridized carbons (Fsp3) is 0.286. The normalized spacial score (nSPS) is 11.1. The maximum absolute atomic E-state index is 12.0. The molecule has 0 saturated heterocycles. The molecule has 0 saturated carbocycles. The first-order valence-electron chi connectivity index (χ1n) is 8.23. The van der Waals surface area contributed by atoms with Crippen molar-refractivity contribution in [2.75, 3.05) is 0 Å². The Morgan fingerprint density at radius 3 is 2.04 bits per heavy atom. The van der Waals surface area contributed by atoms with Crippen molar-refractivity contribution in [2.45, 2.75) is 39.2 Å². The summed E-state index contributed by atoms with van der Waals surface area (Å²) in [4.78, 5) is 12.0. The van der Waals surface area contributed by atoms with Gasteiger partial charge in [-0.3, -0.25) is 0 Å². The molecule has 0 radical (unpaired) electrons. The first kappa shape index (κ1) is 18.8. The molecule has 0 fully saturated rings. The summed E-state index contributed by atoms with van der Waals surface area (Å²) < 4.78 is 8.61. The second-order valence-electron chi connectivity index (χ2n) is 5.81. The molecule has 126 valence electrons. The Labute approximate surface area is 155 Å². The van der Waals surface area contributed by atoms with E-state index in [1.54, 1.807) is 6.92 Å². The van der Waals surface area contributed by atoms with Gasteiger partial charge in [0.25, 0.3) is 0 Å². The van der Waals surface area contributed by atoms with Crippen LogP contribution in [0.15, 0.2) is 66.7 Å². The van der Waals surface area contributed by atoms with Crippen LogP contribution in [0, 0.1) is 0 Å². The van der Waals surface area contributed by atoms with Crippen LogP contribution in [0.5, 0.6) is 0 Å². The van der Waals surface area contributed by atoms with E-state index in [4.69, 9.17) is 4.74 Å². The van der Waals surface area contributed by atoms with Crippen LogP contribution in [-0.4, -0.2) is 26.9 Å². The van der Waals surface area contributed by atoms with E-state index in [9.17, 15) is 4.79 Å². The third-order valence-corrected chi connectivity index (χ3v) is 7.04. The number of benzene rings is 2. The van der Waals surface area contributed by atoms with Crippen LogP contribution in [0.2, 0.25) is 0 Å². The number of carbonyl (C=O) groups is 1. The molecule has 0 atom stereocenters. The van der Waals surface area contributed by atoms with Gasteiger partial charge in [0.15, 0.2) is 0 Å². The van der Waals surface area contributed by atoms with Crippen molar-refractivity contribution in [1.29, 1.82) is 0 Å². The number of esters is 1. The van der Waals surface area contributed by atoms with Crippen LogP contribution in [-0.2, 0) is 15.1 Å². The Kier molecular flexibility index (Phi) is 6.66. The van der Waals surface area contributed by atoms with Crippen LogP contribution in [0.25, 0.3) is 0 Å². The Morgan fingerprint density at radius 2 is 1.54 bits per heavy atom. The van der Waals surface area contributed by atoms with Crippen molar-refractivity contribution in [1.82, 2.24) is 0 Å². The SMILES string of the molecule is C=C(C)C(=O)OC(CC)(CC)c1ccc([Te]c2ccccc2)cc1. The van der Waals surface area contributed by atoms with E-state index in [1.165, 1.54) is 7.22 Å². The van der Waals surface area contributed by atoms with Crippen molar-refractivity contribution in [3.8, 4) is 0 Å². The third-order valence-electron chi connectivity index (χ3n) is 4.14. The Morgan fingerprint density at radius 1 is 1.00 bits per heavy atom. The number of ether oxygens (including phenoxy) is 1. The van der Waals surface area contributed by atoms with Crippen LogP contribution < -0.4 is 7.22 Å². The molecule has 2 aromatic rings.